The average Bonchev–Trinajstić information content (AvgIpc) is 3.39. The Balaban J connectivity index is 1.92. The maximum Gasteiger partial charge on any atom is 0.203 e. The maximum absolute atomic E-state index is 5.52. The normalized spacial score (nSPS) is 10.8. The third-order valence-corrected chi connectivity index (χ3v) is 5.80. The van der Waals surface area contributed by atoms with Gasteiger partial charge in [-0.25, -0.2) is 4.68 Å². The van der Waals surface area contributed by atoms with Crippen LogP contribution < -0.4 is 14.2 Å². The fourth-order valence-electron chi connectivity index (χ4n) is 3.31. The van der Waals surface area contributed by atoms with Gasteiger partial charge in [0.05, 0.1) is 43.3 Å². The number of methoxy groups -OCH3 is 3. The maximum atomic E-state index is 5.52. The number of hydrogen-bond donors (Lipinski definition) is 0. The van der Waals surface area contributed by atoms with E-state index in [4.69, 9.17) is 19.3 Å². The quantitative estimate of drug-likeness (QED) is 0.418. The molecule has 0 N–H and O–H groups in total. The average molecular weight is 407 g/mol. The van der Waals surface area contributed by atoms with Crippen molar-refractivity contribution < 1.29 is 14.2 Å². The number of hydrogen-bond acceptors (Lipinski definition) is 5. The molecule has 0 fully saturated rings. The summed E-state index contributed by atoms with van der Waals surface area (Å²) >= 11 is 1.71. The summed E-state index contributed by atoms with van der Waals surface area (Å²) in [7, 11) is 4.83. The van der Waals surface area contributed by atoms with Crippen LogP contribution in [0.3, 0.4) is 0 Å². The molecule has 2 heterocycles. The van der Waals surface area contributed by atoms with Crippen LogP contribution in [0.1, 0.15) is 5.56 Å². The first-order chi connectivity index (χ1) is 14.2. The lowest BCUT2D eigenvalue weighted by molar-refractivity contribution is 0.324. The van der Waals surface area contributed by atoms with Gasteiger partial charge in [0.15, 0.2) is 11.5 Å². The summed E-state index contributed by atoms with van der Waals surface area (Å²) in [4.78, 5) is 1.19. The predicted molar refractivity (Wildman–Crippen MR) is 117 cm³/mol. The van der Waals surface area contributed by atoms with Gasteiger partial charge in [-0.2, -0.15) is 5.10 Å². The van der Waals surface area contributed by atoms with E-state index >= 15 is 0 Å². The van der Waals surface area contributed by atoms with Gasteiger partial charge in [-0.15, -0.1) is 11.3 Å². The molecule has 0 aliphatic carbocycles. The van der Waals surface area contributed by atoms with E-state index in [0.717, 1.165) is 22.6 Å². The minimum atomic E-state index is 0.565. The highest BCUT2D eigenvalue weighted by Gasteiger charge is 2.19. The molecule has 4 aromatic rings. The number of benzene rings is 2. The molecule has 0 amide bonds. The summed E-state index contributed by atoms with van der Waals surface area (Å²) in [6.45, 7) is 2.12. The Bertz CT molecular complexity index is 1110. The summed E-state index contributed by atoms with van der Waals surface area (Å²) in [5, 5.41) is 7.03. The molecule has 0 unspecified atom stereocenters. The Morgan fingerprint density at radius 1 is 0.862 bits per heavy atom. The smallest absolute Gasteiger partial charge is 0.203 e. The van der Waals surface area contributed by atoms with E-state index in [2.05, 4.69) is 36.6 Å². The Hall–Kier alpha value is -3.25. The standard InChI is InChI=1S/C23H22N2O3S/c1-15-10-11-29-23(15)19-14-18(24-25(19)17-8-6-5-7-9-17)16-12-20(26-2)22(28-4)21(13-16)27-3/h5-14H,1-4H3. The highest BCUT2D eigenvalue weighted by Crippen LogP contribution is 2.42. The van der Waals surface area contributed by atoms with E-state index in [-0.39, 0.29) is 0 Å². The third kappa shape index (κ3) is 3.47. The predicted octanol–water partition coefficient (Wildman–Crippen LogP) is 5.60. The molecular formula is C23H22N2O3S. The van der Waals surface area contributed by atoms with E-state index in [1.165, 1.54) is 10.4 Å². The molecule has 0 saturated carbocycles. The van der Waals surface area contributed by atoms with Crippen LogP contribution in [0.25, 0.3) is 27.5 Å². The van der Waals surface area contributed by atoms with Gasteiger partial charge in [0.2, 0.25) is 5.75 Å². The van der Waals surface area contributed by atoms with Gasteiger partial charge in [-0.1, -0.05) is 18.2 Å². The zero-order valence-electron chi connectivity index (χ0n) is 16.8. The largest absolute Gasteiger partial charge is 0.493 e. The van der Waals surface area contributed by atoms with E-state index in [0.29, 0.717) is 17.2 Å². The van der Waals surface area contributed by atoms with Crippen LogP contribution in [0, 0.1) is 6.92 Å². The lowest BCUT2D eigenvalue weighted by atomic mass is 10.1. The number of para-hydroxylation sites is 1. The lowest BCUT2D eigenvalue weighted by Gasteiger charge is -2.13. The molecule has 2 aromatic heterocycles. The van der Waals surface area contributed by atoms with Crippen molar-refractivity contribution >= 4 is 11.3 Å². The second-order valence-electron chi connectivity index (χ2n) is 6.51. The second-order valence-corrected chi connectivity index (χ2v) is 7.43. The number of thiophene rings is 1. The fraction of sp³-hybridized carbons (Fsp3) is 0.174. The molecular weight excluding hydrogens is 384 g/mol. The molecule has 2 aromatic carbocycles. The van der Waals surface area contributed by atoms with Crippen LogP contribution in [0.4, 0.5) is 0 Å². The van der Waals surface area contributed by atoms with Crippen LogP contribution in [0.2, 0.25) is 0 Å². The fourth-order valence-corrected chi connectivity index (χ4v) is 4.24. The SMILES string of the molecule is COc1cc(-c2cc(-c3sccc3C)n(-c3ccccc3)n2)cc(OC)c1OC. The van der Waals surface area contributed by atoms with Crippen molar-refractivity contribution in [3.63, 3.8) is 0 Å². The summed E-state index contributed by atoms with van der Waals surface area (Å²) in [6, 6.07) is 18.2. The molecule has 0 radical (unpaired) electrons. The molecule has 0 aliphatic rings. The van der Waals surface area contributed by atoms with Crippen molar-refractivity contribution in [2.45, 2.75) is 6.92 Å². The van der Waals surface area contributed by atoms with Gasteiger partial charge in [0.25, 0.3) is 0 Å². The van der Waals surface area contributed by atoms with E-state index in [1.807, 2.05) is 35.0 Å². The first kappa shape index (κ1) is 19.1. The molecule has 148 valence electrons. The molecule has 4 rings (SSSR count). The Morgan fingerprint density at radius 2 is 1.55 bits per heavy atom. The lowest BCUT2D eigenvalue weighted by Crippen LogP contribution is -1.99. The molecule has 0 atom stereocenters. The van der Waals surface area contributed by atoms with Crippen molar-refractivity contribution in [2.24, 2.45) is 0 Å². The third-order valence-electron chi connectivity index (χ3n) is 4.77. The zero-order valence-corrected chi connectivity index (χ0v) is 17.6. The second kappa shape index (κ2) is 8.01. The van der Waals surface area contributed by atoms with Gasteiger partial charge in [-0.3, -0.25) is 0 Å². The Morgan fingerprint density at radius 3 is 2.10 bits per heavy atom. The topological polar surface area (TPSA) is 45.5 Å². The monoisotopic (exact) mass is 406 g/mol. The molecule has 0 spiro atoms. The number of aromatic nitrogens is 2. The van der Waals surface area contributed by atoms with Crippen molar-refractivity contribution in [1.29, 1.82) is 0 Å². The van der Waals surface area contributed by atoms with E-state index in [9.17, 15) is 0 Å². The molecule has 0 saturated heterocycles. The highest BCUT2D eigenvalue weighted by atomic mass is 32.1. The Kier molecular flexibility index (Phi) is 5.27. The minimum absolute atomic E-state index is 0.565. The van der Waals surface area contributed by atoms with Gasteiger partial charge >= 0.3 is 0 Å². The molecule has 6 heteroatoms. The minimum Gasteiger partial charge on any atom is -0.493 e. The number of aryl methyl sites for hydroxylation is 1. The van der Waals surface area contributed by atoms with Crippen molar-refractivity contribution in [3.8, 4) is 44.8 Å². The first-order valence-electron chi connectivity index (χ1n) is 9.16. The summed E-state index contributed by atoms with van der Waals surface area (Å²) in [5.41, 5.74) is 5.01. The van der Waals surface area contributed by atoms with Crippen molar-refractivity contribution in [1.82, 2.24) is 9.78 Å². The van der Waals surface area contributed by atoms with Crippen LogP contribution in [0.15, 0.2) is 60.0 Å². The van der Waals surface area contributed by atoms with Gasteiger partial charge in [0, 0.05) is 5.56 Å². The molecule has 0 bridgehead atoms. The van der Waals surface area contributed by atoms with E-state index in [1.54, 1.807) is 32.7 Å². The molecule has 0 aliphatic heterocycles. The van der Waals surface area contributed by atoms with Crippen LogP contribution in [-0.4, -0.2) is 31.1 Å². The van der Waals surface area contributed by atoms with Crippen molar-refractivity contribution in [2.75, 3.05) is 21.3 Å². The first-order valence-corrected chi connectivity index (χ1v) is 10.0. The summed E-state index contributed by atoms with van der Waals surface area (Å²) < 4.78 is 18.5. The Labute approximate surface area is 174 Å². The van der Waals surface area contributed by atoms with Gasteiger partial charge < -0.3 is 14.2 Å². The summed E-state index contributed by atoms with van der Waals surface area (Å²) in [5.74, 6) is 1.77. The summed E-state index contributed by atoms with van der Waals surface area (Å²) in [6.07, 6.45) is 0. The number of rotatable bonds is 6. The van der Waals surface area contributed by atoms with Crippen LogP contribution >= 0.6 is 11.3 Å². The van der Waals surface area contributed by atoms with Crippen LogP contribution in [0.5, 0.6) is 17.2 Å². The highest BCUT2D eigenvalue weighted by molar-refractivity contribution is 7.13. The van der Waals surface area contributed by atoms with Gasteiger partial charge in [-0.05, 0) is 54.3 Å². The van der Waals surface area contributed by atoms with E-state index < -0.39 is 0 Å². The van der Waals surface area contributed by atoms with Crippen molar-refractivity contribution in [3.05, 3.63) is 65.5 Å². The number of ether oxygens (including phenoxy) is 3. The molecule has 29 heavy (non-hydrogen) atoms. The van der Waals surface area contributed by atoms with Crippen LogP contribution in [-0.2, 0) is 0 Å². The molecule has 5 nitrogen and oxygen atoms in total. The zero-order chi connectivity index (χ0) is 20.4. The number of nitrogens with zero attached hydrogens (tertiary/aromatic N) is 2. The van der Waals surface area contributed by atoms with Gasteiger partial charge in [0.1, 0.15) is 0 Å².